The summed E-state index contributed by atoms with van der Waals surface area (Å²) in [4.78, 5) is 22.3. The van der Waals surface area contributed by atoms with Gasteiger partial charge in [-0.3, -0.25) is 4.79 Å². The van der Waals surface area contributed by atoms with Crippen molar-refractivity contribution in [3.05, 3.63) is 95.4 Å². The number of nitrogens with zero attached hydrogens (tertiary/aromatic N) is 2. The number of nitrogens with one attached hydrogen (secondary N) is 1. The predicted molar refractivity (Wildman–Crippen MR) is 122 cm³/mol. The van der Waals surface area contributed by atoms with Gasteiger partial charge in [0.1, 0.15) is 5.82 Å². The first-order valence-corrected chi connectivity index (χ1v) is 10.3. The summed E-state index contributed by atoms with van der Waals surface area (Å²) in [6.07, 6.45) is 1.81. The molecule has 0 bridgehead atoms. The lowest BCUT2D eigenvalue weighted by molar-refractivity contribution is 0.0952. The van der Waals surface area contributed by atoms with Gasteiger partial charge in [-0.25, -0.2) is 9.97 Å². The Labute approximate surface area is 177 Å². The standard InChI is InChI=1S/C26H25N3O/c1-18-24(26(30)27-17-9-12-20-10-4-3-5-11-20)25(29-19(2)28-18)23-16-8-14-21-13-6-7-15-22(21)23/h3-8,10-11,13-16H,9,12,17H2,1-2H3,(H,27,30). The molecule has 30 heavy (non-hydrogen) atoms. The summed E-state index contributed by atoms with van der Waals surface area (Å²) < 4.78 is 0. The third-order valence-electron chi connectivity index (χ3n) is 5.24. The number of aryl methyl sites for hydroxylation is 3. The van der Waals surface area contributed by atoms with E-state index in [1.54, 1.807) is 0 Å². The average Bonchev–Trinajstić information content (AvgIpc) is 2.76. The Morgan fingerprint density at radius 2 is 1.60 bits per heavy atom. The summed E-state index contributed by atoms with van der Waals surface area (Å²) in [5.41, 5.74) is 4.18. The van der Waals surface area contributed by atoms with E-state index in [1.165, 1.54) is 5.56 Å². The van der Waals surface area contributed by atoms with Crippen molar-refractivity contribution < 1.29 is 4.79 Å². The fourth-order valence-electron chi connectivity index (χ4n) is 3.84. The van der Waals surface area contributed by atoms with E-state index in [4.69, 9.17) is 0 Å². The van der Waals surface area contributed by atoms with Crippen molar-refractivity contribution in [1.29, 1.82) is 0 Å². The third kappa shape index (κ3) is 4.23. The largest absolute Gasteiger partial charge is 0.352 e. The van der Waals surface area contributed by atoms with Crippen LogP contribution in [0.3, 0.4) is 0 Å². The topological polar surface area (TPSA) is 54.9 Å². The van der Waals surface area contributed by atoms with Gasteiger partial charge in [-0.05, 0) is 43.0 Å². The molecule has 0 radical (unpaired) electrons. The van der Waals surface area contributed by atoms with Crippen LogP contribution in [-0.2, 0) is 6.42 Å². The lowest BCUT2D eigenvalue weighted by Crippen LogP contribution is -2.27. The molecule has 0 spiro atoms. The van der Waals surface area contributed by atoms with Crippen LogP contribution in [0.5, 0.6) is 0 Å². The van der Waals surface area contributed by atoms with Gasteiger partial charge in [0.15, 0.2) is 0 Å². The Balaban J connectivity index is 1.61. The van der Waals surface area contributed by atoms with Gasteiger partial charge in [-0.1, -0.05) is 72.8 Å². The number of hydrogen-bond donors (Lipinski definition) is 1. The molecule has 0 aliphatic rings. The van der Waals surface area contributed by atoms with Crippen LogP contribution in [0.2, 0.25) is 0 Å². The molecule has 1 amide bonds. The highest BCUT2D eigenvalue weighted by atomic mass is 16.1. The number of fused-ring (bicyclic) bond motifs is 1. The monoisotopic (exact) mass is 395 g/mol. The normalized spacial score (nSPS) is 10.9. The molecule has 4 aromatic rings. The highest BCUT2D eigenvalue weighted by Gasteiger charge is 2.20. The highest BCUT2D eigenvalue weighted by molar-refractivity contribution is 6.05. The molecular formula is C26H25N3O. The second-order valence-electron chi connectivity index (χ2n) is 7.45. The summed E-state index contributed by atoms with van der Waals surface area (Å²) in [5.74, 6) is 0.541. The van der Waals surface area contributed by atoms with Crippen LogP contribution < -0.4 is 5.32 Å². The molecule has 0 atom stereocenters. The van der Waals surface area contributed by atoms with Crippen molar-refractivity contribution in [3.8, 4) is 11.3 Å². The Hall–Kier alpha value is -3.53. The van der Waals surface area contributed by atoms with Gasteiger partial charge in [0.05, 0.1) is 17.0 Å². The zero-order chi connectivity index (χ0) is 20.9. The summed E-state index contributed by atoms with van der Waals surface area (Å²) >= 11 is 0. The van der Waals surface area contributed by atoms with Crippen LogP contribution in [0.4, 0.5) is 0 Å². The molecule has 1 N–H and O–H groups in total. The van der Waals surface area contributed by atoms with Crippen molar-refractivity contribution in [1.82, 2.24) is 15.3 Å². The number of benzene rings is 3. The van der Waals surface area contributed by atoms with E-state index in [0.717, 1.165) is 29.2 Å². The number of carbonyl (C=O) groups is 1. The number of carbonyl (C=O) groups excluding carboxylic acids is 1. The maximum absolute atomic E-state index is 13.1. The van der Waals surface area contributed by atoms with E-state index in [-0.39, 0.29) is 5.91 Å². The lowest BCUT2D eigenvalue weighted by Gasteiger charge is -2.14. The van der Waals surface area contributed by atoms with Gasteiger partial charge in [-0.2, -0.15) is 0 Å². The Morgan fingerprint density at radius 3 is 2.43 bits per heavy atom. The van der Waals surface area contributed by atoms with Crippen LogP contribution >= 0.6 is 0 Å². The summed E-state index contributed by atoms with van der Waals surface area (Å²) in [6.45, 7) is 4.35. The summed E-state index contributed by atoms with van der Waals surface area (Å²) in [7, 11) is 0. The Kier molecular flexibility index (Phi) is 5.84. The zero-order valence-electron chi connectivity index (χ0n) is 17.4. The molecule has 0 aliphatic carbocycles. The van der Waals surface area contributed by atoms with E-state index in [2.05, 4.69) is 45.6 Å². The minimum absolute atomic E-state index is 0.122. The minimum atomic E-state index is -0.122. The first kappa shape index (κ1) is 19.8. The van der Waals surface area contributed by atoms with E-state index >= 15 is 0 Å². The molecule has 1 aromatic heterocycles. The second-order valence-corrected chi connectivity index (χ2v) is 7.45. The molecule has 4 rings (SSSR count). The van der Waals surface area contributed by atoms with Crippen molar-refractivity contribution in [2.75, 3.05) is 6.54 Å². The maximum Gasteiger partial charge on any atom is 0.255 e. The van der Waals surface area contributed by atoms with Crippen LogP contribution in [0.25, 0.3) is 22.0 Å². The molecule has 150 valence electrons. The molecule has 0 aliphatic heterocycles. The van der Waals surface area contributed by atoms with Gasteiger partial charge in [0.25, 0.3) is 5.91 Å². The summed E-state index contributed by atoms with van der Waals surface area (Å²) in [6, 6.07) is 24.6. The Morgan fingerprint density at radius 1 is 0.867 bits per heavy atom. The Bertz CT molecular complexity index is 1180. The average molecular weight is 396 g/mol. The van der Waals surface area contributed by atoms with Crippen molar-refractivity contribution >= 4 is 16.7 Å². The number of rotatable bonds is 6. The number of hydrogen-bond acceptors (Lipinski definition) is 3. The zero-order valence-corrected chi connectivity index (χ0v) is 17.4. The molecule has 0 saturated heterocycles. The van der Waals surface area contributed by atoms with E-state index in [1.807, 2.05) is 56.3 Å². The lowest BCUT2D eigenvalue weighted by atomic mass is 9.97. The molecule has 0 fully saturated rings. The first-order valence-electron chi connectivity index (χ1n) is 10.3. The molecule has 0 unspecified atom stereocenters. The third-order valence-corrected chi connectivity index (χ3v) is 5.24. The van der Waals surface area contributed by atoms with Gasteiger partial charge in [0.2, 0.25) is 0 Å². The number of aromatic nitrogens is 2. The number of amides is 1. The maximum atomic E-state index is 13.1. The van der Waals surface area contributed by atoms with Gasteiger partial charge >= 0.3 is 0 Å². The van der Waals surface area contributed by atoms with Crippen LogP contribution in [0.15, 0.2) is 72.8 Å². The molecule has 0 saturated carbocycles. The highest BCUT2D eigenvalue weighted by Crippen LogP contribution is 2.30. The first-order chi connectivity index (χ1) is 14.6. The predicted octanol–water partition coefficient (Wildman–Crippen LogP) is 5.28. The fourth-order valence-corrected chi connectivity index (χ4v) is 3.84. The molecular weight excluding hydrogens is 370 g/mol. The van der Waals surface area contributed by atoms with E-state index < -0.39 is 0 Å². The molecule has 3 aromatic carbocycles. The SMILES string of the molecule is Cc1nc(C)c(C(=O)NCCCc2ccccc2)c(-c2cccc3ccccc23)n1. The minimum Gasteiger partial charge on any atom is -0.352 e. The quantitative estimate of drug-likeness (QED) is 0.452. The van der Waals surface area contributed by atoms with Crippen LogP contribution in [0.1, 0.15) is 33.9 Å². The second kappa shape index (κ2) is 8.87. The molecule has 1 heterocycles. The smallest absolute Gasteiger partial charge is 0.255 e. The molecule has 4 heteroatoms. The summed E-state index contributed by atoms with van der Waals surface area (Å²) in [5, 5.41) is 5.27. The van der Waals surface area contributed by atoms with E-state index in [9.17, 15) is 4.79 Å². The molecule has 4 nitrogen and oxygen atoms in total. The van der Waals surface area contributed by atoms with Crippen molar-refractivity contribution in [3.63, 3.8) is 0 Å². The van der Waals surface area contributed by atoms with Crippen LogP contribution in [-0.4, -0.2) is 22.4 Å². The van der Waals surface area contributed by atoms with E-state index in [0.29, 0.717) is 29.3 Å². The van der Waals surface area contributed by atoms with Crippen molar-refractivity contribution in [2.24, 2.45) is 0 Å². The van der Waals surface area contributed by atoms with Crippen molar-refractivity contribution in [2.45, 2.75) is 26.7 Å². The van der Waals surface area contributed by atoms with Gasteiger partial charge in [0, 0.05) is 12.1 Å². The fraction of sp³-hybridized carbons (Fsp3) is 0.192. The van der Waals surface area contributed by atoms with Crippen LogP contribution in [0, 0.1) is 13.8 Å². The van der Waals surface area contributed by atoms with Gasteiger partial charge in [-0.15, -0.1) is 0 Å². The van der Waals surface area contributed by atoms with Gasteiger partial charge < -0.3 is 5.32 Å².